The molecule has 4 aromatic rings. The van der Waals surface area contributed by atoms with Crippen LogP contribution in [0.25, 0.3) is 11.0 Å². The number of carbonyl (C=O) groups excluding carboxylic acids is 1. The number of amides is 1. The van der Waals surface area contributed by atoms with Crippen LogP contribution >= 0.6 is 11.6 Å². The Morgan fingerprint density at radius 3 is 2.48 bits per heavy atom. The van der Waals surface area contributed by atoms with Gasteiger partial charge in [-0.15, -0.1) is 0 Å². The zero-order valence-corrected chi connectivity index (χ0v) is 18.0. The molecule has 1 heterocycles. The second kappa shape index (κ2) is 8.70. The number of ether oxygens (including phenoxy) is 1. The van der Waals surface area contributed by atoms with Gasteiger partial charge < -0.3 is 10.1 Å². The minimum Gasteiger partial charge on any atom is -0.455 e. The molecule has 1 amide bonds. The lowest BCUT2D eigenvalue weighted by Crippen LogP contribution is -2.24. The Bertz CT molecular complexity index is 1310. The highest BCUT2D eigenvalue weighted by Gasteiger charge is 2.14. The van der Waals surface area contributed by atoms with E-state index in [1.807, 2.05) is 55.5 Å². The molecular weight excluding hydrogens is 414 g/mol. The van der Waals surface area contributed by atoms with Crippen molar-refractivity contribution < 1.29 is 9.53 Å². The second-order valence-electron chi connectivity index (χ2n) is 7.34. The molecule has 158 valence electrons. The number of fused-ring (bicyclic) bond motifs is 1. The number of benzene rings is 3. The lowest BCUT2D eigenvalue weighted by atomic mass is 10.2. The number of aryl methyl sites for hydroxylation is 3. The number of nitrogens with one attached hydrogen (secondary N) is 1. The Labute approximate surface area is 184 Å². The Balaban J connectivity index is 1.50. The van der Waals surface area contributed by atoms with Gasteiger partial charge in [-0.1, -0.05) is 41.4 Å². The summed E-state index contributed by atoms with van der Waals surface area (Å²) in [6, 6.07) is 20.2. The van der Waals surface area contributed by atoms with Crippen LogP contribution in [0, 0.1) is 6.92 Å². The van der Waals surface area contributed by atoms with Crippen molar-refractivity contribution in [2.24, 2.45) is 7.05 Å². The molecule has 0 aliphatic carbocycles. The molecule has 6 nitrogen and oxygen atoms in total. The Morgan fingerprint density at radius 1 is 1.03 bits per heavy atom. The van der Waals surface area contributed by atoms with Gasteiger partial charge in [0, 0.05) is 25.0 Å². The van der Waals surface area contributed by atoms with E-state index in [1.54, 1.807) is 34.4 Å². The number of hydrogen-bond acceptors (Lipinski definition) is 3. The first-order valence-corrected chi connectivity index (χ1v) is 10.3. The smallest absolute Gasteiger partial charge is 0.328 e. The summed E-state index contributed by atoms with van der Waals surface area (Å²) < 4.78 is 9.12. The number of halogens is 1. The summed E-state index contributed by atoms with van der Waals surface area (Å²) in [6.45, 7) is 2.26. The second-order valence-corrected chi connectivity index (χ2v) is 7.77. The van der Waals surface area contributed by atoms with E-state index in [0.717, 1.165) is 16.6 Å². The summed E-state index contributed by atoms with van der Waals surface area (Å²) in [6.07, 6.45) is 0.129. The third kappa shape index (κ3) is 4.49. The van der Waals surface area contributed by atoms with Crippen molar-refractivity contribution in [2.45, 2.75) is 19.9 Å². The maximum absolute atomic E-state index is 12.7. The fourth-order valence-corrected chi connectivity index (χ4v) is 3.60. The number of anilines is 1. The highest BCUT2D eigenvalue weighted by molar-refractivity contribution is 6.31. The predicted octanol–water partition coefficient (Wildman–Crippen LogP) is 5.12. The molecular formula is C24H22ClN3O3. The fraction of sp³-hybridized carbons (Fsp3) is 0.167. The summed E-state index contributed by atoms with van der Waals surface area (Å²) in [5.41, 5.74) is 3.08. The van der Waals surface area contributed by atoms with Crippen molar-refractivity contribution in [1.29, 1.82) is 0 Å². The lowest BCUT2D eigenvalue weighted by Gasteiger charge is -2.13. The van der Waals surface area contributed by atoms with Gasteiger partial charge in [-0.05, 0) is 49.4 Å². The summed E-state index contributed by atoms with van der Waals surface area (Å²) in [4.78, 5) is 25.2. The molecule has 0 aliphatic rings. The average Bonchev–Trinajstić information content (AvgIpc) is 3.00. The Hall–Kier alpha value is -3.51. The molecule has 0 unspecified atom stereocenters. The third-order valence-corrected chi connectivity index (χ3v) is 5.31. The van der Waals surface area contributed by atoms with Crippen LogP contribution in [0.4, 0.5) is 5.69 Å². The minimum atomic E-state index is -0.240. The van der Waals surface area contributed by atoms with E-state index in [0.29, 0.717) is 22.2 Å². The summed E-state index contributed by atoms with van der Waals surface area (Å²) in [7, 11) is 1.72. The zero-order chi connectivity index (χ0) is 22.0. The van der Waals surface area contributed by atoms with E-state index in [-0.39, 0.29) is 24.6 Å². The predicted molar refractivity (Wildman–Crippen MR) is 123 cm³/mol. The first-order valence-electron chi connectivity index (χ1n) is 9.90. The molecule has 31 heavy (non-hydrogen) atoms. The number of rotatable bonds is 6. The van der Waals surface area contributed by atoms with Crippen LogP contribution in [0.15, 0.2) is 71.5 Å². The Morgan fingerprint density at radius 2 is 1.74 bits per heavy atom. The molecule has 3 aromatic carbocycles. The lowest BCUT2D eigenvalue weighted by molar-refractivity contribution is -0.116. The highest BCUT2D eigenvalue weighted by Crippen LogP contribution is 2.32. The molecule has 0 aliphatic heterocycles. The maximum atomic E-state index is 12.7. The van der Waals surface area contributed by atoms with Gasteiger partial charge in [-0.25, -0.2) is 4.79 Å². The number of imidazole rings is 1. The maximum Gasteiger partial charge on any atom is 0.328 e. The van der Waals surface area contributed by atoms with Gasteiger partial charge in [0.2, 0.25) is 5.91 Å². The molecule has 0 spiro atoms. The van der Waals surface area contributed by atoms with Crippen molar-refractivity contribution in [3.8, 4) is 11.5 Å². The molecule has 0 fully saturated rings. The van der Waals surface area contributed by atoms with Crippen molar-refractivity contribution in [3.05, 3.63) is 87.8 Å². The van der Waals surface area contributed by atoms with E-state index < -0.39 is 0 Å². The standard InChI is InChI=1S/C24H22ClN3O3/c1-16-7-10-18(11-8-16)31-22-12-9-17(25)15-19(22)26-23(29)13-14-28-21-6-4-3-5-20(21)27(2)24(28)30/h3-12,15H,13-14H2,1-2H3,(H,26,29). The van der Waals surface area contributed by atoms with Crippen molar-refractivity contribution >= 4 is 34.2 Å². The summed E-state index contributed by atoms with van der Waals surface area (Å²) >= 11 is 6.13. The van der Waals surface area contributed by atoms with E-state index in [4.69, 9.17) is 16.3 Å². The van der Waals surface area contributed by atoms with Gasteiger partial charge in [0.15, 0.2) is 5.75 Å². The number of para-hydroxylation sites is 2. The monoisotopic (exact) mass is 435 g/mol. The minimum absolute atomic E-state index is 0.129. The first kappa shape index (κ1) is 20.8. The number of carbonyl (C=O) groups is 1. The fourth-order valence-electron chi connectivity index (χ4n) is 3.43. The van der Waals surface area contributed by atoms with Crippen LogP contribution in [-0.2, 0) is 18.4 Å². The van der Waals surface area contributed by atoms with Crippen molar-refractivity contribution in [2.75, 3.05) is 5.32 Å². The Kier molecular flexibility index (Phi) is 5.82. The van der Waals surface area contributed by atoms with Crippen LogP contribution in [0.5, 0.6) is 11.5 Å². The SMILES string of the molecule is Cc1ccc(Oc2ccc(Cl)cc2NC(=O)CCn2c(=O)n(C)c3ccccc32)cc1. The van der Waals surface area contributed by atoms with Crippen LogP contribution in [-0.4, -0.2) is 15.0 Å². The van der Waals surface area contributed by atoms with Crippen LogP contribution in [0.1, 0.15) is 12.0 Å². The van der Waals surface area contributed by atoms with Gasteiger partial charge in [0.1, 0.15) is 5.75 Å². The molecule has 4 rings (SSSR count). The highest BCUT2D eigenvalue weighted by atomic mass is 35.5. The summed E-state index contributed by atoms with van der Waals surface area (Å²) in [5.74, 6) is 0.908. The van der Waals surface area contributed by atoms with E-state index >= 15 is 0 Å². The van der Waals surface area contributed by atoms with Crippen LogP contribution < -0.4 is 15.7 Å². The number of nitrogens with zero attached hydrogens (tertiary/aromatic N) is 2. The zero-order valence-electron chi connectivity index (χ0n) is 17.3. The molecule has 0 atom stereocenters. The van der Waals surface area contributed by atoms with Gasteiger partial charge in [-0.2, -0.15) is 0 Å². The van der Waals surface area contributed by atoms with Crippen LogP contribution in [0.3, 0.4) is 0 Å². The van der Waals surface area contributed by atoms with Gasteiger partial charge in [0.25, 0.3) is 0 Å². The third-order valence-electron chi connectivity index (χ3n) is 5.08. The van der Waals surface area contributed by atoms with Crippen molar-refractivity contribution in [1.82, 2.24) is 9.13 Å². The molecule has 1 aromatic heterocycles. The molecule has 0 saturated carbocycles. The normalized spacial score (nSPS) is 10.9. The number of aromatic nitrogens is 2. The van der Waals surface area contributed by atoms with Gasteiger partial charge in [-0.3, -0.25) is 13.9 Å². The molecule has 0 saturated heterocycles. The van der Waals surface area contributed by atoms with Gasteiger partial charge >= 0.3 is 5.69 Å². The van der Waals surface area contributed by atoms with Crippen LogP contribution in [0.2, 0.25) is 5.02 Å². The van der Waals surface area contributed by atoms with E-state index in [9.17, 15) is 9.59 Å². The molecule has 7 heteroatoms. The first-order chi connectivity index (χ1) is 14.9. The van der Waals surface area contributed by atoms with Crippen molar-refractivity contribution in [3.63, 3.8) is 0 Å². The van der Waals surface area contributed by atoms with E-state index in [1.165, 1.54) is 0 Å². The molecule has 1 N–H and O–H groups in total. The quantitative estimate of drug-likeness (QED) is 0.457. The summed E-state index contributed by atoms with van der Waals surface area (Å²) in [5, 5.41) is 3.34. The van der Waals surface area contributed by atoms with Gasteiger partial charge in [0.05, 0.1) is 16.7 Å². The molecule has 0 radical (unpaired) electrons. The average molecular weight is 436 g/mol. The number of hydrogen-bond donors (Lipinski definition) is 1. The van der Waals surface area contributed by atoms with E-state index in [2.05, 4.69) is 5.32 Å². The molecule has 0 bridgehead atoms. The topological polar surface area (TPSA) is 65.3 Å². The largest absolute Gasteiger partial charge is 0.455 e.